The van der Waals surface area contributed by atoms with Gasteiger partial charge in [0.1, 0.15) is 0 Å². The highest BCUT2D eigenvalue weighted by Crippen LogP contribution is 2.44. The van der Waals surface area contributed by atoms with E-state index >= 15 is 0 Å². The largest absolute Gasteiger partial charge is 0.314 e. The standard InChI is InChI=1S/C14H19IN2/c15-13-3-1-2-12(10-13)14(11-4-5-11)17-8-6-16-7-9-17/h1-3,10-11,14,16H,4-9H2/t14-/m1/s1. The number of piperazine rings is 1. The van der Waals surface area contributed by atoms with Gasteiger partial charge in [0.05, 0.1) is 0 Å². The molecule has 3 heteroatoms. The Hall–Kier alpha value is -0.130. The average molecular weight is 342 g/mol. The van der Waals surface area contributed by atoms with E-state index in [-0.39, 0.29) is 0 Å². The van der Waals surface area contributed by atoms with Crippen molar-refractivity contribution in [3.63, 3.8) is 0 Å². The van der Waals surface area contributed by atoms with Crippen LogP contribution >= 0.6 is 22.6 Å². The quantitative estimate of drug-likeness (QED) is 0.850. The van der Waals surface area contributed by atoms with Gasteiger partial charge in [-0.15, -0.1) is 0 Å². The topological polar surface area (TPSA) is 15.3 Å². The first-order chi connectivity index (χ1) is 8.34. The van der Waals surface area contributed by atoms with Crippen LogP contribution in [0.4, 0.5) is 0 Å². The zero-order valence-electron chi connectivity index (χ0n) is 10.0. The third-order valence-corrected chi connectivity index (χ3v) is 4.47. The van der Waals surface area contributed by atoms with E-state index in [9.17, 15) is 0 Å². The molecule has 3 rings (SSSR count). The number of hydrogen-bond acceptors (Lipinski definition) is 2. The summed E-state index contributed by atoms with van der Waals surface area (Å²) in [6, 6.07) is 9.74. The molecule has 0 bridgehead atoms. The normalized spacial score (nSPS) is 23.6. The Morgan fingerprint density at radius 3 is 2.65 bits per heavy atom. The van der Waals surface area contributed by atoms with Crippen LogP contribution in [0.2, 0.25) is 0 Å². The highest BCUT2D eigenvalue weighted by molar-refractivity contribution is 14.1. The number of benzene rings is 1. The van der Waals surface area contributed by atoms with Crippen molar-refractivity contribution in [3.8, 4) is 0 Å². The predicted molar refractivity (Wildman–Crippen MR) is 79.1 cm³/mol. The molecular formula is C14H19IN2. The van der Waals surface area contributed by atoms with Crippen LogP contribution in [0, 0.1) is 9.49 Å². The van der Waals surface area contributed by atoms with Gasteiger partial charge in [-0.2, -0.15) is 0 Å². The molecule has 0 spiro atoms. The predicted octanol–water partition coefficient (Wildman–Crippen LogP) is 2.65. The van der Waals surface area contributed by atoms with E-state index in [1.165, 1.54) is 35.1 Å². The molecule has 1 aliphatic carbocycles. The highest BCUT2D eigenvalue weighted by Gasteiger charge is 2.36. The maximum Gasteiger partial charge on any atom is 0.0377 e. The van der Waals surface area contributed by atoms with Crippen LogP contribution in [0.5, 0.6) is 0 Å². The Morgan fingerprint density at radius 2 is 2.00 bits per heavy atom. The van der Waals surface area contributed by atoms with Crippen molar-refractivity contribution in [1.29, 1.82) is 0 Å². The molecule has 1 N–H and O–H groups in total. The summed E-state index contributed by atoms with van der Waals surface area (Å²) >= 11 is 2.42. The Labute approximate surface area is 117 Å². The first-order valence-corrected chi connectivity index (χ1v) is 7.63. The molecule has 2 fully saturated rings. The molecule has 0 amide bonds. The summed E-state index contributed by atoms with van der Waals surface area (Å²) in [5.74, 6) is 0.909. The van der Waals surface area contributed by atoms with Gasteiger partial charge in [-0.05, 0) is 59.0 Å². The van der Waals surface area contributed by atoms with E-state index in [0.29, 0.717) is 6.04 Å². The van der Waals surface area contributed by atoms with Crippen molar-refractivity contribution < 1.29 is 0 Å². The van der Waals surface area contributed by atoms with Crippen LogP contribution < -0.4 is 5.32 Å². The molecule has 0 aromatic heterocycles. The van der Waals surface area contributed by atoms with E-state index in [1.807, 2.05) is 0 Å². The molecule has 0 unspecified atom stereocenters. The summed E-state index contributed by atoms with van der Waals surface area (Å²) in [6.45, 7) is 4.69. The van der Waals surface area contributed by atoms with Crippen molar-refractivity contribution in [2.24, 2.45) is 5.92 Å². The third-order valence-electron chi connectivity index (χ3n) is 3.80. The first kappa shape index (κ1) is 11.9. The van der Waals surface area contributed by atoms with Crippen LogP contribution in [0.15, 0.2) is 24.3 Å². The fourth-order valence-electron chi connectivity index (χ4n) is 2.84. The van der Waals surface area contributed by atoms with Gasteiger partial charge in [0.25, 0.3) is 0 Å². The lowest BCUT2D eigenvalue weighted by Crippen LogP contribution is -2.45. The number of rotatable bonds is 3. The first-order valence-electron chi connectivity index (χ1n) is 6.55. The van der Waals surface area contributed by atoms with Crippen molar-refractivity contribution in [2.75, 3.05) is 26.2 Å². The second-order valence-corrected chi connectivity index (χ2v) is 6.37. The van der Waals surface area contributed by atoms with Crippen LogP contribution in [-0.4, -0.2) is 31.1 Å². The number of halogens is 1. The van der Waals surface area contributed by atoms with Gasteiger partial charge < -0.3 is 5.32 Å². The minimum Gasteiger partial charge on any atom is -0.314 e. The van der Waals surface area contributed by atoms with Gasteiger partial charge in [0, 0.05) is 35.8 Å². The molecule has 2 aliphatic rings. The summed E-state index contributed by atoms with van der Waals surface area (Å²) < 4.78 is 1.36. The zero-order chi connectivity index (χ0) is 11.7. The molecule has 92 valence electrons. The number of nitrogens with zero attached hydrogens (tertiary/aromatic N) is 1. The second-order valence-electron chi connectivity index (χ2n) is 5.12. The number of hydrogen-bond donors (Lipinski definition) is 1. The SMILES string of the molecule is Ic1cccc([C@@H](C2CC2)N2CCNCC2)c1. The van der Waals surface area contributed by atoms with Gasteiger partial charge in [-0.3, -0.25) is 4.90 Å². The molecule has 1 heterocycles. The molecule has 17 heavy (non-hydrogen) atoms. The van der Waals surface area contributed by atoms with Crippen molar-refractivity contribution >= 4 is 22.6 Å². The van der Waals surface area contributed by atoms with Crippen molar-refractivity contribution in [2.45, 2.75) is 18.9 Å². The van der Waals surface area contributed by atoms with Crippen LogP contribution in [-0.2, 0) is 0 Å². The van der Waals surface area contributed by atoms with Gasteiger partial charge in [0.15, 0.2) is 0 Å². The van der Waals surface area contributed by atoms with Gasteiger partial charge in [0.2, 0.25) is 0 Å². The summed E-state index contributed by atoms with van der Waals surface area (Å²) in [6.07, 6.45) is 2.83. The molecule has 1 atom stereocenters. The third kappa shape index (κ3) is 2.83. The molecule has 1 aliphatic heterocycles. The van der Waals surface area contributed by atoms with Gasteiger partial charge >= 0.3 is 0 Å². The molecule has 1 saturated carbocycles. The number of nitrogens with one attached hydrogen (secondary N) is 1. The van der Waals surface area contributed by atoms with E-state index in [2.05, 4.69) is 57.1 Å². The fourth-order valence-corrected chi connectivity index (χ4v) is 3.41. The molecule has 1 saturated heterocycles. The Kier molecular flexibility index (Phi) is 3.68. The second kappa shape index (κ2) is 5.24. The summed E-state index contributed by atoms with van der Waals surface area (Å²) in [5.41, 5.74) is 1.53. The smallest absolute Gasteiger partial charge is 0.0377 e. The summed E-state index contributed by atoms with van der Waals surface area (Å²) in [7, 11) is 0. The molecule has 1 aromatic carbocycles. The van der Waals surface area contributed by atoms with Gasteiger partial charge in [-0.25, -0.2) is 0 Å². The van der Waals surface area contributed by atoms with E-state index in [1.54, 1.807) is 0 Å². The minimum atomic E-state index is 0.673. The Morgan fingerprint density at radius 1 is 1.24 bits per heavy atom. The lowest BCUT2D eigenvalue weighted by atomic mass is 10.00. The van der Waals surface area contributed by atoms with Crippen molar-refractivity contribution in [1.82, 2.24) is 10.2 Å². The highest BCUT2D eigenvalue weighted by atomic mass is 127. The van der Waals surface area contributed by atoms with E-state index in [4.69, 9.17) is 0 Å². The van der Waals surface area contributed by atoms with Gasteiger partial charge in [-0.1, -0.05) is 12.1 Å². The fraction of sp³-hybridized carbons (Fsp3) is 0.571. The van der Waals surface area contributed by atoms with Crippen LogP contribution in [0.1, 0.15) is 24.4 Å². The van der Waals surface area contributed by atoms with Crippen LogP contribution in [0.25, 0.3) is 0 Å². The maximum atomic E-state index is 3.45. The lowest BCUT2D eigenvalue weighted by Gasteiger charge is -2.35. The molecular weight excluding hydrogens is 323 g/mol. The summed E-state index contributed by atoms with van der Waals surface area (Å²) in [5, 5.41) is 3.45. The van der Waals surface area contributed by atoms with E-state index < -0.39 is 0 Å². The molecule has 1 aromatic rings. The lowest BCUT2D eigenvalue weighted by molar-refractivity contribution is 0.156. The zero-order valence-corrected chi connectivity index (χ0v) is 12.2. The monoisotopic (exact) mass is 342 g/mol. The van der Waals surface area contributed by atoms with E-state index in [0.717, 1.165) is 19.0 Å². The average Bonchev–Trinajstić information content (AvgIpc) is 3.15. The maximum absolute atomic E-state index is 3.45. The molecule has 2 nitrogen and oxygen atoms in total. The summed E-state index contributed by atoms with van der Waals surface area (Å²) in [4.78, 5) is 2.68. The Balaban J connectivity index is 1.83. The van der Waals surface area contributed by atoms with Crippen molar-refractivity contribution in [3.05, 3.63) is 33.4 Å². The molecule has 0 radical (unpaired) electrons. The van der Waals surface area contributed by atoms with Crippen LogP contribution in [0.3, 0.4) is 0 Å². The minimum absolute atomic E-state index is 0.673. The Bertz CT molecular complexity index is 384.